The van der Waals surface area contributed by atoms with E-state index in [2.05, 4.69) is 22.5 Å². The molecule has 8 nitrogen and oxygen atoms in total. The van der Waals surface area contributed by atoms with Crippen LogP contribution in [0, 0.1) is 0 Å². The summed E-state index contributed by atoms with van der Waals surface area (Å²) in [5, 5.41) is 5.51. The summed E-state index contributed by atoms with van der Waals surface area (Å²) in [6.45, 7) is 3.51. The van der Waals surface area contributed by atoms with Gasteiger partial charge in [-0.2, -0.15) is 0 Å². The summed E-state index contributed by atoms with van der Waals surface area (Å²) in [6.07, 6.45) is 6.22. The summed E-state index contributed by atoms with van der Waals surface area (Å²) < 4.78 is 30.1. The standard InChI is InChI=1S/C16H26N4O4S/c1-3-4-10-24-15-8-7-13(11-17-15)18-16(21)19-14-6-5-9-20(12-14)25(2,22)23/h7-8,11,14H,3-6,9-10,12H2,1-2H3,(H2,18,19,21). The van der Waals surface area contributed by atoms with Crippen LogP contribution < -0.4 is 15.4 Å². The molecule has 25 heavy (non-hydrogen) atoms. The highest BCUT2D eigenvalue weighted by Crippen LogP contribution is 2.14. The van der Waals surface area contributed by atoms with Crippen LogP contribution in [0.4, 0.5) is 10.5 Å². The predicted octanol–water partition coefficient (Wildman–Crippen LogP) is 1.81. The first-order valence-electron chi connectivity index (χ1n) is 8.50. The van der Waals surface area contributed by atoms with Crippen molar-refractivity contribution in [3.8, 4) is 5.88 Å². The first kappa shape index (κ1) is 19.5. The Kier molecular flexibility index (Phi) is 7.01. The third kappa shape index (κ3) is 6.50. The van der Waals surface area contributed by atoms with Crippen molar-refractivity contribution in [1.29, 1.82) is 0 Å². The van der Waals surface area contributed by atoms with Gasteiger partial charge in [0.2, 0.25) is 15.9 Å². The van der Waals surface area contributed by atoms with Crippen molar-refractivity contribution in [2.45, 2.75) is 38.6 Å². The molecule has 1 atom stereocenters. The Hall–Kier alpha value is -1.87. The van der Waals surface area contributed by atoms with Crippen LogP contribution in [0.5, 0.6) is 5.88 Å². The number of ether oxygens (including phenoxy) is 1. The Labute approximate surface area is 149 Å². The summed E-state index contributed by atoms with van der Waals surface area (Å²) in [6, 6.07) is 2.85. The van der Waals surface area contributed by atoms with Gasteiger partial charge in [-0.05, 0) is 25.3 Å². The number of rotatable bonds is 7. The number of carbonyl (C=O) groups is 1. The molecule has 0 aromatic carbocycles. The van der Waals surface area contributed by atoms with Crippen LogP contribution in [0.2, 0.25) is 0 Å². The van der Waals surface area contributed by atoms with Crippen molar-refractivity contribution in [1.82, 2.24) is 14.6 Å². The van der Waals surface area contributed by atoms with E-state index >= 15 is 0 Å². The molecule has 1 unspecified atom stereocenters. The van der Waals surface area contributed by atoms with E-state index < -0.39 is 10.0 Å². The monoisotopic (exact) mass is 370 g/mol. The smallest absolute Gasteiger partial charge is 0.319 e. The van der Waals surface area contributed by atoms with Crippen LogP contribution in [-0.2, 0) is 10.0 Å². The van der Waals surface area contributed by atoms with Crippen LogP contribution in [0.15, 0.2) is 18.3 Å². The zero-order chi connectivity index (χ0) is 18.3. The van der Waals surface area contributed by atoms with Gasteiger partial charge < -0.3 is 15.4 Å². The minimum Gasteiger partial charge on any atom is -0.478 e. The van der Waals surface area contributed by atoms with E-state index in [1.807, 2.05) is 0 Å². The molecule has 1 aliphatic rings. The SMILES string of the molecule is CCCCOc1ccc(NC(=O)NC2CCCN(S(C)(=O)=O)C2)cn1. The van der Waals surface area contributed by atoms with Gasteiger partial charge in [0, 0.05) is 25.2 Å². The van der Waals surface area contributed by atoms with Crippen molar-refractivity contribution in [3.63, 3.8) is 0 Å². The third-order valence-electron chi connectivity index (χ3n) is 3.93. The minimum atomic E-state index is -3.23. The molecule has 1 fully saturated rings. The molecular formula is C16H26N4O4S. The van der Waals surface area contributed by atoms with Gasteiger partial charge in [0.25, 0.3) is 0 Å². The number of hydrogen-bond acceptors (Lipinski definition) is 5. The molecule has 0 aliphatic carbocycles. The summed E-state index contributed by atoms with van der Waals surface area (Å²) >= 11 is 0. The van der Waals surface area contributed by atoms with Crippen molar-refractivity contribution in [2.24, 2.45) is 0 Å². The number of amides is 2. The lowest BCUT2D eigenvalue weighted by Gasteiger charge is -2.31. The summed E-state index contributed by atoms with van der Waals surface area (Å²) in [4.78, 5) is 16.2. The summed E-state index contributed by atoms with van der Waals surface area (Å²) in [5.74, 6) is 0.524. The van der Waals surface area contributed by atoms with Crippen LogP contribution in [-0.4, -0.2) is 55.7 Å². The molecule has 0 spiro atoms. The fraction of sp³-hybridized carbons (Fsp3) is 0.625. The van der Waals surface area contributed by atoms with Gasteiger partial charge >= 0.3 is 6.03 Å². The van der Waals surface area contributed by atoms with Crippen molar-refractivity contribution >= 4 is 21.7 Å². The number of unbranched alkanes of at least 4 members (excludes halogenated alkanes) is 1. The van der Waals surface area contributed by atoms with E-state index in [1.165, 1.54) is 16.8 Å². The number of sulfonamides is 1. The molecule has 140 valence electrons. The Balaban J connectivity index is 1.81. The maximum absolute atomic E-state index is 12.1. The van der Waals surface area contributed by atoms with E-state index in [0.29, 0.717) is 31.3 Å². The molecule has 1 aliphatic heterocycles. The molecule has 2 amide bonds. The molecule has 1 aromatic rings. The molecule has 2 heterocycles. The van der Waals surface area contributed by atoms with E-state index in [4.69, 9.17) is 4.74 Å². The number of pyridine rings is 1. The second-order valence-electron chi connectivity index (χ2n) is 6.15. The Morgan fingerprint density at radius 1 is 1.44 bits per heavy atom. The average Bonchev–Trinajstić information content (AvgIpc) is 2.56. The highest BCUT2D eigenvalue weighted by molar-refractivity contribution is 7.88. The lowest BCUT2D eigenvalue weighted by atomic mass is 10.1. The van der Waals surface area contributed by atoms with Gasteiger partial charge in [-0.25, -0.2) is 22.5 Å². The molecular weight excluding hydrogens is 344 g/mol. The molecule has 9 heteroatoms. The summed E-state index contributed by atoms with van der Waals surface area (Å²) in [7, 11) is -3.23. The third-order valence-corrected chi connectivity index (χ3v) is 5.20. The van der Waals surface area contributed by atoms with Crippen molar-refractivity contribution < 1.29 is 17.9 Å². The Bertz CT molecular complexity index is 663. The molecule has 2 rings (SSSR count). The number of anilines is 1. The topological polar surface area (TPSA) is 101 Å². The molecule has 1 aromatic heterocycles. The Morgan fingerprint density at radius 2 is 2.24 bits per heavy atom. The molecule has 0 bridgehead atoms. The zero-order valence-electron chi connectivity index (χ0n) is 14.7. The minimum absolute atomic E-state index is 0.201. The molecule has 1 saturated heterocycles. The van der Waals surface area contributed by atoms with Crippen LogP contribution in [0.25, 0.3) is 0 Å². The van der Waals surface area contributed by atoms with Crippen molar-refractivity contribution in [3.05, 3.63) is 18.3 Å². The average molecular weight is 370 g/mol. The number of nitrogens with zero attached hydrogens (tertiary/aromatic N) is 2. The second-order valence-corrected chi connectivity index (χ2v) is 8.13. The van der Waals surface area contributed by atoms with Gasteiger partial charge in [-0.3, -0.25) is 0 Å². The van der Waals surface area contributed by atoms with Gasteiger partial charge in [0.05, 0.1) is 24.7 Å². The number of nitrogens with one attached hydrogen (secondary N) is 2. The van der Waals surface area contributed by atoms with E-state index in [9.17, 15) is 13.2 Å². The van der Waals surface area contributed by atoms with Crippen LogP contribution in [0.1, 0.15) is 32.6 Å². The quantitative estimate of drug-likeness (QED) is 0.713. The fourth-order valence-corrected chi connectivity index (χ4v) is 3.49. The van der Waals surface area contributed by atoms with E-state index in [0.717, 1.165) is 25.7 Å². The maximum atomic E-state index is 12.1. The number of urea groups is 1. The van der Waals surface area contributed by atoms with Gasteiger partial charge in [0.15, 0.2) is 0 Å². The lowest BCUT2D eigenvalue weighted by molar-refractivity contribution is 0.236. The molecule has 0 saturated carbocycles. The Morgan fingerprint density at radius 3 is 2.88 bits per heavy atom. The molecule has 0 radical (unpaired) electrons. The summed E-state index contributed by atoms with van der Waals surface area (Å²) in [5.41, 5.74) is 0.552. The number of carbonyl (C=O) groups excluding carboxylic acids is 1. The van der Waals surface area contributed by atoms with E-state index in [1.54, 1.807) is 12.1 Å². The first-order valence-corrected chi connectivity index (χ1v) is 10.3. The lowest BCUT2D eigenvalue weighted by Crippen LogP contribution is -2.50. The number of hydrogen-bond donors (Lipinski definition) is 2. The second kappa shape index (κ2) is 9.00. The number of piperidine rings is 1. The van der Waals surface area contributed by atoms with Gasteiger partial charge in [-0.1, -0.05) is 13.3 Å². The number of aromatic nitrogens is 1. The van der Waals surface area contributed by atoms with Crippen molar-refractivity contribution in [2.75, 3.05) is 31.3 Å². The highest BCUT2D eigenvalue weighted by atomic mass is 32.2. The molecule has 2 N–H and O–H groups in total. The van der Waals surface area contributed by atoms with Gasteiger partial charge in [-0.15, -0.1) is 0 Å². The predicted molar refractivity (Wildman–Crippen MR) is 96.2 cm³/mol. The fourth-order valence-electron chi connectivity index (χ4n) is 2.57. The zero-order valence-corrected chi connectivity index (χ0v) is 15.5. The van der Waals surface area contributed by atoms with Gasteiger partial charge in [0.1, 0.15) is 0 Å². The largest absolute Gasteiger partial charge is 0.478 e. The normalized spacial score (nSPS) is 18.6. The highest BCUT2D eigenvalue weighted by Gasteiger charge is 2.26. The first-order chi connectivity index (χ1) is 11.9. The van der Waals surface area contributed by atoms with E-state index in [-0.39, 0.29) is 12.1 Å². The maximum Gasteiger partial charge on any atom is 0.319 e. The van der Waals surface area contributed by atoms with Crippen LogP contribution >= 0.6 is 0 Å². The van der Waals surface area contributed by atoms with Crippen LogP contribution in [0.3, 0.4) is 0 Å².